The molecule has 1 aromatic carbocycles. The molecule has 2 saturated heterocycles. The minimum Gasteiger partial charge on any atom is -0.341 e. The van der Waals surface area contributed by atoms with Gasteiger partial charge in [0.05, 0.1) is 6.17 Å². The molecule has 0 spiro atoms. The van der Waals surface area contributed by atoms with Crippen molar-refractivity contribution in [1.29, 1.82) is 0 Å². The summed E-state index contributed by atoms with van der Waals surface area (Å²) in [5.74, 6) is 0.182. The van der Waals surface area contributed by atoms with E-state index in [1.54, 1.807) is 31.3 Å². The zero-order valence-electron chi connectivity index (χ0n) is 14.4. The summed E-state index contributed by atoms with van der Waals surface area (Å²) in [5, 5.41) is 8.02. The summed E-state index contributed by atoms with van der Waals surface area (Å²) >= 11 is 5.91. The van der Waals surface area contributed by atoms with E-state index < -0.39 is 0 Å². The van der Waals surface area contributed by atoms with Gasteiger partial charge >= 0.3 is 6.03 Å². The highest BCUT2D eigenvalue weighted by molar-refractivity contribution is 6.30. The van der Waals surface area contributed by atoms with E-state index in [0.29, 0.717) is 24.7 Å². The van der Waals surface area contributed by atoms with Gasteiger partial charge in [0.15, 0.2) is 5.78 Å². The summed E-state index contributed by atoms with van der Waals surface area (Å²) in [6.07, 6.45) is 1.62. The maximum Gasteiger partial charge on any atom is 0.317 e. The Hall–Kier alpha value is -1.63. The molecule has 2 atom stereocenters. The van der Waals surface area contributed by atoms with Gasteiger partial charge in [-0.25, -0.2) is 10.1 Å². The number of benzene rings is 1. The molecule has 25 heavy (non-hydrogen) atoms. The standard InChI is InChI=1S/C18H24ClN4O2/c1-20-18(25)23-10-8-22(9-11-23)16-12-14(6-7-21-16)17(24)13-2-4-15(19)5-3-13/h2-5,14,16H,6-12H2,1H3,(H,20,25). The van der Waals surface area contributed by atoms with Crippen molar-refractivity contribution >= 4 is 23.4 Å². The molecule has 2 amide bonds. The second kappa shape index (κ2) is 8.17. The number of piperidine rings is 1. The van der Waals surface area contributed by atoms with Gasteiger partial charge in [0.2, 0.25) is 0 Å². The molecule has 0 aromatic heterocycles. The van der Waals surface area contributed by atoms with Crippen LogP contribution >= 0.6 is 11.6 Å². The van der Waals surface area contributed by atoms with Crippen molar-refractivity contribution < 1.29 is 9.59 Å². The summed E-state index contributed by atoms with van der Waals surface area (Å²) in [5.41, 5.74) is 0.722. The highest BCUT2D eigenvalue weighted by Crippen LogP contribution is 2.25. The minimum atomic E-state index is -0.0315. The van der Waals surface area contributed by atoms with Crippen molar-refractivity contribution in [2.75, 3.05) is 39.8 Å². The average Bonchev–Trinajstić information content (AvgIpc) is 2.67. The van der Waals surface area contributed by atoms with Crippen LogP contribution in [0.15, 0.2) is 24.3 Å². The van der Waals surface area contributed by atoms with E-state index in [0.717, 1.165) is 31.5 Å². The number of carbonyl (C=O) groups is 2. The van der Waals surface area contributed by atoms with Gasteiger partial charge < -0.3 is 10.2 Å². The molecule has 0 aliphatic carbocycles. The molecule has 1 radical (unpaired) electrons. The zero-order valence-corrected chi connectivity index (χ0v) is 15.2. The summed E-state index contributed by atoms with van der Waals surface area (Å²) in [6, 6.07) is 7.09. The number of nitrogens with zero attached hydrogens (tertiary/aromatic N) is 3. The van der Waals surface area contributed by atoms with Crippen molar-refractivity contribution in [3.63, 3.8) is 0 Å². The van der Waals surface area contributed by atoms with Gasteiger partial charge in [-0.2, -0.15) is 0 Å². The molecular weight excluding hydrogens is 340 g/mol. The summed E-state index contributed by atoms with van der Waals surface area (Å²) < 4.78 is 0. The normalized spacial score (nSPS) is 24.8. The van der Waals surface area contributed by atoms with Gasteiger partial charge in [0, 0.05) is 56.3 Å². The lowest BCUT2D eigenvalue weighted by Crippen LogP contribution is -2.57. The average molecular weight is 364 g/mol. The molecule has 2 heterocycles. The highest BCUT2D eigenvalue weighted by atomic mass is 35.5. The van der Waals surface area contributed by atoms with Crippen LogP contribution in [0.25, 0.3) is 0 Å². The SMILES string of the molecule is CNC(=O)N1CCN(C2CC(C(=O)c3ccc(Cl)cc3)CC[N]2)CC1. The lowest BCUT2D eigenvalue weighted by Gasteiger charge is -2.41. The minimum absolute atomic E-state index is 0.000598. The van der Waals surface area contributed by atoms with Crippen LogP contribution < -0.4 is 10.6 Å². The largest absolute Gasteiger partial charge is 0.341 e. The highest BCUT2D eigenvalue weighted by Gasteiger charge is 2.33. The topological polar surface area (TPSA) is 66.8 Å². The number of piperazine rings is 1. The van der Waals surface area contributed by atoms with E-state index in [9.17, 15) is 9.59 Å². The first-order valence-corrected chi connectivity index (χ1v) is 9.13. The van der Waals surface area contributed by atoms with Gasteiger partial charge in [-0.1, -0.05) is 11.6 Å². The smallest absolute Gasteiger partial charge is 0.317 e. The van der Waals surface area contributed by atoms with Crippen molar-refractivity contribution in [1.82, 2.24) is 20.4 Å². The van der Waals surface area contributed by atoms with E-state index in [4.69, 9.17) is 16.9 Å². The number of halogens is 1. The molecule has 3 rings (SSSR count). The fourth-order valence-electron chi connectivity index (χ4n) is 3.56. The second-order valence-corrected chi connectivity index (χ2v) is 6.99. The maximum absolute atomic E-state index is 12.8. The molecule has 1 N–H and O–H groups in total. The Morgan fingerprint density at radius 3 is 2.48 bits per heavy atom. The fraction of sp³-hybridized carbons (Fsp3) is 0.556. The first-order valence-electron chi connectivity index (χ1n) is 8.75. The molecule has 1 aromatic rings. The van der Waals surface area contributed by atoms with E-state index in [2.05, 4.69) is 10.2 Å². The Bertz CT molecular complexity index is 614. The Labute approximate surface area is 153 Å². The van der Waals surface area contributed by atoms with Gasteiger partial charge in [0.25, 0.3) is 0 Å². The molecule has 2 aliphatic rings. The third kappa shape index (κ3) is 4.32. The van der Waals surface area contributed by atoms with Crippen LogP contribution in [0.3, 0.4) is 0 Å². The summed E-state index contributed by atoms with van der Waals surface area (Å²) in [6.45, 7) is 3.69. The first-order chi connectivity index (χ1) is 12.1. The number of carbonyl (C=O) groups excluding carboxylic acids is 2. The first kappa shape index (κ1) is 18.2. The van der Waals surface area contributed by atoms with Crippen LogP contribution in [0.2, 0.25) is 5.02 Å². The van der Waals surface area contributed by atoms with Crippen LogP contribution in [-0.2, 0) is 0 Å². The number of Topliss-reactive ketones (excluding diaryl/α,β-unsaturated/α-hetero) is 1. The molecule has 0 bridgehead atoms. The lowest BCUT2D eigenvalue weighted by molar-refractivity contribution is 0.0570. The maximum atomic E-state index is 12.8. The molecule has 6 nitrogen and oxygen atoms in total. The Morgan fingerprint density at radius 2 is 1.84 bits per heavy atom. The van der Waals surface area contributed by atoms with Crippen molar-refractivity contribution in [3.8, 4) is 0 Å². The van der Waals surface area contributed by atoms with Gasteiger partial charge in [-0.05, 0) is 37.1 Å². The van der Waals surface area contributed by atoms with E-state index >= 15 is 0 Å². The fourth-order valence-corrected chi connectivity index (χ4v) is 3.69. The quantitative estimate of drug-likeness (QED) is 0.833. The van der Waals surface area contributed by atoms with E-state index in [-0.39, 0.29) is 23.9 Å². The summed E-state index contributed by atoms with van der Waals surface area (Å²) in [7, 11) is 1.65. The zero-order chi connectivity index (χ0) is 17.8. The second-order valence-electron chi connectivity index (χ2n) is 6.56. The van der Waals surface area contributed by atoms with Crippen molar-refractivity contribution in [3.05, 3.63) is 34.9 Å². The number of nitrogens with one attached hydrogen (secondary N) is 1. The van der Waals surface area contributed by atoms with Gasteiger partial charge in [-0.15, -0.1) is 0 Å². The summed E-state index contributed by atoms with van der Waals surface area (Å²) in [4.78, 5) is 28.6. The molecular formula is C18H24ClN4O2. The number of rotatable bonds is 3. The number of hydrogen-bond donors (Lipinski definition) is 1. The third-order valence-electron chi connectivity index (χ3n) is 5.05. The Morgan fingerprint density at radius 1 is 1.16 bits per heavy atom. The predicted molar refractivity (Wildman–Crippen MR) is 96.9 cm³/mol. The number of urea groups is 1. The number of ketones is 1. The van der Waals surface area contributed by atoms with Gasteiger partial charge in [-0.3, -0.25) is 9.69 Å². The third-order valence-corrected chi connectivity index (χ3v) is 5.30. The Kier molecular flexibility index (Phi) is 5.93. The molecule has 7 heteroatoms. The number of hydrogen-bond acceptors (Lipinski definition) is 3. The molecule has 0 saturated carbocycles. The molecule has 2 unspecified atom stereocenters. The van der Waals surface area contributed by atoms with E-state index in [1.807, 2.05) is 4.90 Å². The monoisotopic (exact) mass is 363 g/mol. The van der Waals surface area contributed by atoms with Crippen LogP contribution in [0.4, 0.5) is 4.79 Å². The van der Waals surface area contributed by atoms with E-state index in [1.165, 1.54) is 0 Å². The van der Waals surface area contributed by atoms with Crippen LogP contribution in [0.5, 0.6) is 0 Å². The molecule has 2 aliphatic heterocycles. The number of amides is 2. The predicted octanol–water partition coefficient (Wildman–Crippen LogP) is 1.82. The van der Waals surface area contributed by atoms with Crippen LogP contribution in [0, 0.1) is 5.92 Å². The Balaban J connectivity index is 1.57. The van der Waals surface area contributed by atoms with Crippen LogP contribution in [-0.4, -0.2) is 67.6 Å². The van der Waals surface area contributed by atoms with Gasteiger partial charge in [0.1, 0.15) is 0 Å². The van der Waals surface area contributed by atoms with Crippen molar-refractivity contribution in [2.45, 2.75) is 19.0 Å². The molecule has 2 fully saturated rings. The van der Waals surface area contributed by atoms with Crippen LogP contribution in [0.1, 0.15) is 23.2 Å². The molecule has 135 valence electrons. The lowest BCUT2D eigenvalue weighted by atomic mass is 9.87. The van der Waals surface area contributed by atoms with Crippen molar-refractivity contribution in [2.24, 2.45) is 5.92 Å².